The van der Waals surface area contributed by atoms with Crippen LogP contribution in [0.15, 0.2) is 42.5 Å². The summed E-state index contributed by atoms with van der Waals surface area (Å²) in [5, 5.41) is 3.37. The Balaban J connectivity index is 1.51. The van der Waals surface area contributed by atoms with E-state index in [2.05, 4.69) is 10.3 Å². The van der Waals surface area contributed by atoms with Crippen molar-refractivity contribution in [2.45, 2.75) is 6.42 Å². The number of amides is 1. The highest BCUT2D eigenvalue weighted by Crippen LogP contribution is 2.29. The zero-order valence-electron chi connectivity index (χ0n) is 13.9. The Bertz CT molecular complexity index is 861. The van der Waals surface area contributed by atoms with E-state index in [4.69, 9.17) is 14.2 Å². The molecule has 7 heteroatoms. The van der Waals surface area contributed by atoms with Crippen LogP contribution >= 0.6 is 11.3 Å². The fraction of sp³-hybridized carbons (Fsp3) is 0.222. The van der Waals surface area contributed by atoms with Gasteiger partial charge in [0.05, 0.1) is 37.5 Å². The Morgan fingerprint density at radius 2 is 1.72 bits per heavy atom. The van der Waals surface area contributed by atoms with E-state index in [1.165, 1.54) is 11.3 Å². The van der Waals surface area contributed by atoms with Crippen molar-refractivity contribution < 1.29 is 19.0 Å². The van der Waals surface area contributed by atoms with Crippen molar-refractivity contribution in [3.05, 3.63) is 42.5 Å². The molecule has 1 amide bonds. The fourth-order valence-corrected chi connectivity index (χ4v) is 3.11. The van der Waals surface area contributed by atoms with E-state index in [9.17, 15) is 4.79 Å². The van der Waals surface area contributed by atoms with Crippen LogP contribution in [0.5, 0.6) is 17.2 Å². The molecule has 0 spiro atoms. The lowest BCUT2D eigenvalue weighted by Crippen LogP contribution is -2.15. The molecule has 0 aliphatic rings. The lowest BCUT2D eigenvalue weighted by molar-refractivity contribution is -0.116. The van der Waals surface area contributed by atoms with E-state index >= 15 is 0 Å². The minimum atomic E-state index is -0.139. The number of thiazole rings is 1. The molecule has 0 saturated heterocycles. The molecule has 3 aromatic rings. The molecule has 1 N–H and O–H groups in total. The summed E-state index contributed by atoms with van der Waals surface area (Å²) in [7, 11) is 3.23. The summed E-state index contributed by atoms with van der Waals surface area (Å²) >= 11 is 1.41. The number of hydrogen-bond acceptors (Lipinski definition) is 6. The monoisotopic (exact) mass is 358 g/mol. The first-order valence-corrected chi connectivity index (χ1v) is 8.51. The third-order valence-electron chi connectivity index (χ3n) is 3.50. The van der Waals surface area contributed by atoms with Gasteiger partial charge in [-0.3, -0.25) is 4.79 Å². The van der Waals surface area contributed by atoms with Crippen LogP contribution in [0.3, 0.4) is 0 Å². The number of hydrogen-bond donors (Lipinski definition) is 1. The number of rotatable bonds is 7. The SMILES string of the molecule is COc1ccc(OCCC(=O)Nc2nc3ccc(OC)cc3s2)cc1. The second kappa shape index (κ2) is 7.85. The average molecular weight is 358 g/mol. The first-order valence-electron chi connectivity index (χ1n) is 7.69. The van der Waals surface area contributed by atoms with Crippen LogP contribution in [-0.2, 0) is 4.79 Å². The first-order chi connectivity index (χ1) is 12.2. The van der Waals surface area contributed by atoms with Gasteiger partial charge in [-0.05, 0) is 42.5 Å². The van der Waals surface area contributed by atoms with Crippen molar-refractivity contribution in [1.29, 1.82) is 0 Å². The van der Waals surface area contributed by atoms with E-state index < -0.39 is 0 Å². The van der Waals surface area contributed by atoms with Crippen LogP contribution in [0.2, 0.25) is 0 Å². The first kappa shape index (κ1) is 17.0. The fourth-order valence-electron chi connectivity index (χ4n) is 2.20. The van der Waals surface area contributed by atoms with Gasteiger partial charge in [0.1, 0.15) is 17.2 Å². The van der Waals surface area contributed by atoms with E-state index in [0.717, 1.165) is 21.7 Å². The number of carbonyl (C=O) groups is 1. The number of benzene rings is 2. The zero-order valence-corrected chi connectivity index (χ0v) is 14.8. The van der Waals surface area contributed by atoms with Crippen molar-refractivity contribution in [1.82, 2.24) is 4.98 Å². The van der Waals surface area contributed by atoms with E-state index in [-0.39, 0.29) is 18.9 Å². The van der Waals surface area contributed by atoms with Crippen LogP contribution in [-0.4, -0.2) is 31.7 Å². The Morgan fingerprint density at radius 3 is 2.44 bits per heavy atom. The van der Waals surface area contributed by atoms with Gasteiger partial charge in [-0.2, -0.15) is 0 Å². The summed E-state index contributed by atoms with van der Waals surface area (Å²) in [5.41, 5.74) is 0.829. The van der Waals surface area contributed by atoms with Gasteiger partial charge in [0.2, 0.25) is 5.91 Å². The van der Waals surface area contributed by atoms with Crippen molar-refractivity contribution in [2.75, 3.05) is 26.1 Å². The Morgan fingerprint density at radius 1 is 1.04 bits per heavy atom. The quantitative estimate of drug-likeness (QED) is 0.697. The maximum atomic E-state index is 12.0. The number of methoxy groups -OCH3 is 2. The summed E-state index contributed by atoms with van der Waals surface area (Å²) < 4.78 is 16.8. The summed E-state index contributed by atoms with van der Waals surface area (Å²) in [5.74, 6) is 2.08. The van der Waals surface area contributed by atoms with E-state index in [0.29, 0.717) is 10.9 Å². The summed E-state index contributed by atoms with van der Waals surface area (Å²) in [4.78, 5) is 16.4. The topological polar surface area (TPSA) is 69.7 Å². The normalized spacial score (nSPS) is 10.5. The van der Waals surface area contributed by atoms with Crippen molar-refractivity contribution in [2.24, 2.45) is 0 Å². The number of fused-ring (bicyclic) bond motifs is 1. The molecule has 6 nitrogen and oxygen atoms in total. The predicted molar refractivity (Wildman–Crippen MR) is 97.9 cm³/mol. The molecule has 0 atom stereocenters. The second-order valence-corrected chi connectivity index (χ2v) is 6.21. The average Bonchev–Trinajstić information content (AvgIpc) is 3.03. The van der Waals surface area contributed by atoms with Gasteiger partial charge in [0.25, 0.3) is 0 Å². The third kappa shape index (κ3) is 4.39. The van der Waals surface area contributed by atoms with Gasteiger partial charge in [-0.15, -0.1) is 0 Å². The number of ether oxygens (including phenoxy) is 3. The van der Waals surface area contributed by atoms with Crippen LogP contribution in [0.4, 0.5) is 5.13 Å². The molecule has 0 unspecified atom stereocenters. The van der Waals surface area contributed by atoms with Crippen LogP contribution in [0, 0.1) is 0 Å². The van der Waals surface area contributed by atoms with E-state index in [1.807, 2.05) is 30.3 Å². The third-order valence-corrected chi connectivity index (χ3v) is 4.43. The number of carbonyl (C=O) groups excluding carboxylic acids is 1. The Kier molecular flexibility index (Phi) is 5.35. The van der Waals surface area contributed by atoms with Crippen molar-refractivity contribution >= 4 is 32.6 Å². The van der Waals surface area contributed by atoms with Gasteiger partial charge in [0, 0.05) is 0 Å². The molecule has 0 aliphatic heterocycles. The largest absolute Gasteiger partial charge is 0.497 e. The van der Waals surface area contributed by atoms with Gasteiger partial charge in [-0.25, -0.2) is 4.98 Å². The van der Waals surface area contributed by atoms with Crippen LogP contribution < -0.4 is 19.5 Å². The molecular formula is C18H18N2O4S. The molecule has 3 rings (SSSR count). The number of nitrogens with zero attached hydrogens (tertiary/aromatic N) is 1. The van der Waals surface area contributed by atoms with Crippen LogP contribution in [0.25, 0.3) is 10.2 Å². The second-order valence-electron chi connectivity index (χ2n) is 5.17. The van der Waals surface area contributed by atoms with Crippen molar-refractivity contribution in [3.63, 3.8) is 0 Å². The maximum absolute atomic E-state index is 12.0. The number of aromatic nitrogens is 1. The lowest BCUT2D eigenvalue weighted by Gasteiger charge is -2.06. The minimum absolute atomic E-state index is 0.139. The molecule has 1 aromatic heterocycles. The molecule has 0 aliphatic carbocycles. The molecular weight excluding hydrogens is 340 g/mol. The number of nitrogens with one attached hydrogen (secondary N) is 1. The summed E-state index contributed by atoms with van der Waals surface area (Å²) in [6.07, 6.45) is 0.241. The zero-order chi connectivity index (χ0) is 17.6. The summed E-state index contributed by atoms with van der Waals surface area (Å²) in [6.45, 7) is 0.289. The molecule has 0 bridgehead atoms. The number of anilines is 1. The van der Waals surface area contributed by atoms with E-state index in [1.54, 1.807) is 26.4 Å². The predicted octanol–water partition coefficient (Wildman–Crippen LogP) is 3.72. The molecule has 2 aromatic carbocycles. The lowest BCUT2D eigenvalue weighted by atomic mass is 10.3. The maximum Gasteiger partial charge on any atom is 0.229 e. The Hall–Kier alpha value is -2.80. The highest BCUT2D eigenvalue weighted by molar-refractivity contribution is 7.22. The highest BCUT2D eigenvalue weighted by Gasteiger charge is 2.09. The summed E-state index contributed by atoms with van der Waals surface area (Å²) in [6, 6.07) is 12.8. The molecule has 1 heterocycles. The van der Waals surface area contributed by atoms with Gasteiger partial charge < -0.3 is 19.5 Å². The smallest absolute Gasteiger partial charge is 0.229 e. The minimum Gasteiger partial charge on any atom is -0.497 e. The Labute approximate surface area is 149 Å². The van der Waals surface area contributed by atoms with Crippen LogP contribution in [0.1, 0.15) is 6.42 Å². The van der Waals surface area contributed by atoms with Gasteiger partial charge in [-0.1, -0.05) is 11.3 Å². The molecule has 0 fully saturated rings. The standard InChI is InChI=1S/C18H18N2O4S/c1-22-12-3-5-13(6-4-12)24-10-9-17(21)20-18-19-15-8-7-14(23-2)11-16(15)25-18/h3-8,11H,9-10H2,1-2H3,(H,19,20,21). The highest BCUT2D eigenvalue weighted by atomic mass is 32.1. The molecule has 0 radical (unpaired) electrons. The molecule has 25 heavy (non-hydrogen) atoms. The molecule has 0 saturated carbocycles. The van der Waals surface area contributed by atoms with Gasteiger partial charge >= 0.3 is 0 Å². The van der Waals surface area contributed by atoms with Crippen molar-refractivity contribution in [3.8, 4) is 17.2 Å². The molecule has 130 valence electrons. The van der Waals surface area contributed by atoms with Gasteiger partial charge in [0.15, 0.2) is 5.13 Å².